The maximum absolute atomic E-state index is 12.2. The molecule has 1 aliphatic rings. The van der Waals surface area contributed by atoms with Crippen molar-refractivity contribution < 1.29 is 9.59 Å². The quantitative estimate of drug-likeness (QED) is 0.820. The van der Waals surface area contributed by atoms with E-state index in [1.165, 1.54) is 24.2 Å². The molecule has 6 heteroatoms. The summed E-state index contributed by atoms with van der Waals surface area (Å²) in [5, 5.41) is 2.81. The van der Waals surface area contributed by atoms with Gasteiger partial charge >= 0.3 is 0 Å². The molecule has 2 aromatic carbocycles. The number of ketones is 1. The molecule has 3 rings (SSSR count). The molecule has 0 saturated carbocycles. The first-order valence-electron chi connectivity index (χ1n) is 7.45. The number of thioether (sulfide) groups is 2. The highest BCUT2D eigenvalue weighted by molar-refractivity contribution is 8.38. The van der Waals surface area contributed by atoms with Crippen LogP contribution in [0.4, 0.5) is 11.4 Å². The van der Waals surface area contributed by atoms with Crippen molar-refractivity contribution in [3.63, 3.8) is 0 Å². The number of amides is 1. The van der Waals surface area contributed by atoms with Gasteiger partial charge in [-0.05, 0) is 30.7 Å². The molecule has 24 heavy (non-hydrogen) atoms. The lowest BCUT2D eigenvalue weighted by Gasteiger charge is -2.14. The van der Waals surface area contributed by atoms with E-state index in [9.17, 15) is 9.59 Å². The van der Waals surface area contributed by atoms with Gasteiger partial charge in [0.05, 0.1) is 17.1 Å². The van der Waals surface area contributed by atoms with Crippen molar-refractivity contribution in [2.24, 2.45) is 4.99 Å². The SMILES string of the molecule is CC(=O)c1ccccc1NC(=O)CSC1=Nc2ccccc2CS1. The Morgan fingerprint density at radius 2 is 1.92 bits per heavy atom. The van der Waals surface area contributed by atoms with Crippen LogP contribution in [0.3, 0.4) is 0 Å². The minimum atomic E-state index is -0.143. The average Bonchev–Trinajstić information content (AvgIpc) is 2.60. The molecule has 1 heterocycles. The summed E-state index contributed by atoms with van der Waals surface area (Å²) in [6.45, 7) is 1.49. The van der Waals surface area contributed by atoms with Crippen LogP contribution in [-0.2, 0) is 10.5 Å². The minimum Gasteiger partial charge on any atom is -0.325 e. The molecule has 0 spiro atoms. The van der Waals surface area contributed by atoms with Crippen LogP contribution in [0, 0.1) is 0 Å². The number of hydrogen-bond acceptors (Lipinski definition) is 5. The molecule has 2 aromatic rings. The maximum Gasteiger partial charge on any atom is 0.234 e. The molecule has 0 fully saturated rings. The third kappa shape index (κ3) is 4.07. The fourth-order valence-electron chi connectivity index (χ4n) is 2.30. The van der Waals surface area contributed by atoms with Crippen LogP contribution in [0.25, 0.3) is 0 Å². The van der Waals surface area contributed by atoms with Crippen LogP contribution in [-0.4, -0.2) is 21.8 Å². The summed E-state index contributed by atoms with van der Waals surface area (Å²) in [6.07, 6.45) is 0. The summed E-state index contributed by atoms with van der Waals surface area (Å²) < 4.78 is 0.892. The lowest BCUT2D eigenvalue weighted by Crippen LogP contribution is -2.17. The second kappa shape index (κ2) is 7.68. The second-order valence-electron chi connectivity index (χ2n) is 5.23. The fraction of sp³-hybridized carbons (Fsp3) is 0.167. The molecular weight excluding hydrogens is 340 g/mol. The number of nitrogens with zero attached hydrogens (tertiary/aromatic N) is 1. The highest BCUT2D eigenvalue weighted by atomic mass is 32.2. The summed E-state index contributed by atoms with van der Waals surface area (Å²) in [5.41, 5.74) is 3.26. The van der Waals surface area contributed by atoms with E-state index in [1.807, 2.05) is 18.2 Å². The van der Waals surface area contributed by atoms with Crippen LogP contribution in [0.1, 0.15) is 22.8 Å². The van der Waals surface area contributed by atoms with E-state index in [4.69, 9.17) is 0 Å². The Morgan fingerprint density at radius 3 is 2.75 bits per heavy atom. The smallest absolute Gasteiger partial charge is 0.234 e. The summed E-state index contributed by atoms with van der Waals surface area (Å²) in [6, 6.07) is 15.1. The van der Waals surface area contributed by atoms with Gasteiger partial charge in [0.15, 0.2) is 5.78 Å². The topological polar surface area (TPSA) is 58.5 Å². The van der Waals surface area contributed by atoms with Crippen LogP contribution in [0.2, 0.25) is 0 Å². The van der Waals surface area contributed by atoms with Crippen LogP contribution >= 0.6 is 23.5 Å². The highest BCUT2D eigenvalue weighted by Crippen LogP contribution is 2.34. The Balaban J connectivity index is 1.61. The van der Waals surface area contributed by atoms with E-state index in [0.717, 1.165) is 15.8 Å². The van der Waals surface area contributed by atoms with E-state index >= 15 is 0 Å². The zero-order valence-corrected chi connectivity index (χ0v) is 14.7. The van der Waals surface area contributed by atoms with Gasteiger partial charge in [-0.25, -0.2) is 4.99 Å². The number of anilines is 1. The van der Waals surface area contributed by atoms with E-state index in [0.29, 0.717) is 11.3 Å². The lowest BCUT2D eigenvalue weighted by atomic mass is 10.1. The molecular formula is C18H16N2O2S2. The summed E-state index contributed by atoms with van der Waals surface area (Å²) in [7, 11) is 0. The number of nitrogens with one attached hydrogen (secondary N) is 1. The number of hydrogen-bond donors (Lipinski definition) is 1. The number of aliphatic imine (C=N–C) groups is 1. The lowest BCUT2D eigenvalue weighted by molar-refractivity contribution is -0.113. The first-order chi connectivity index (χ1) is 11.6. The monoisotopic (exact) mass is 356 g/mol. The van der Waals surface area contributed by atoms with Gasteiger partial charge in [-0.1, -0.05) is 53.9 Å². The van der Waals surface area contributed by atoms with Crippen molar-refractivity contribution in [3.8, 4) is 0 Å². The van der Waals surface area contributed by atoms with Crippen molar-refractivity contribution in [2.45, 2.75) is 12.7 Å². The molecule has 0 aliphatic carbocycles. The van der Waals surface area contributed by atoms with Gasteiger partial charge < -0.3 is 5.32 Å². The molecule has 0 unspecified atom stereocenters. The Kier molecular flexibility index (Phi) is 5.37. The van der Waals surface area contributed by atoms with E-state index in [2.05, 4.69) is 16.4 Å². The molecule has 1 amide bonds. The van der Waals surface area contributed by atoms with Gasteiger partial charge in [-0.15, -0.1) is 0 Å². The van der Waals surface area contributed by atoms with Gasteiger partial charge in [0, 0.05) is 11.3 Å². The number of Topliss-reactive ketones (excluding diaryl/α,β-unsaturated/α-hetero) is 1. The van der Waals surface area contributed by atoms with Crippen molar-refractivity contribution >= 4 is 51.0 Å². The first kappa shape index (κ1) is 16.8. The molecule has 122 valence electrons. The zero-order chi connectivity index (χ0) is 16.9. The number of benzene rings is 2. The molecule has 0 saturated heterocycles. The molecule has 1 aliphatic heterocycles. The number of rotatable bonds is 4. The van der Waals surface area contributed by atoms with Crippen molar-refractivity contribution in [3.05, 3.63) is 59.7 Å². The third-order valence-electron chi connectivity index (χ3n) is 3.46. The normalized spacial score (nSPS) is 13.0. The van der Waals surface area contributed by atoms with Crippen molar-refractivity contribution in [2.75, 3.05) is 11.1 Å². The third-order valence-corrected chi connectivity index (χ3v) is 5.71. The second-order valence-corrected chi connectivity index (χ2v) is 7.42. The van der Waals surface area contributed by atoms with Crippen LogP contribution < -0.4 is 5.32 Å². The van der Waals surface area contributed by atoms with E-state index < -0.39 is 0 Å². The molecule has 0 aromatic heterocycles. The molecule has 0 atom stereocenters. The molecule has 4 nitrogen and oxygen atoms in total. The van der Waals surface area contributed by atoms with Crippen molar-refractivity contribution in [1.82, 2.24) is 0 Å². The van der Waals surface area contributed by atoms with Gasteiger partial charge in [-0.2, -0.15) is 0 Å². The number of fused-ring (bicyclic) bond motifs is 1. The number of para-hydroxylation sites is 2. The number of carbonyl (C=O) groups excluding carboxylic acids is 2. The minimum absolute atomic E-state index is 0.0672. The summed E-state index contributed by atoms with van der Waals surface area (Å²) in [5.74, 6) is 0.926. The highest BCUT2D eigenvalue weighted by Gasteiger charge is 2.15. The van der Waals surface area contributed by atoms with Crippen molar-refractivity contribution in [1.29, 1.82) is 0 Å². The van der Waals surface area contributed by atoms with Crippen LogP contribution in [0.15, 0.2) is 53.5 Å². The zero-order valence-electron chi connectivity index (χ0n) is 13.1. The molecule has 1 N–H and O–H groups in total. The van der Waals surface area contributed by atoms with Gasteiger partial charge in [-0.3, -0.25) is 9.59 Å². The Hall–Kier alpha value is -2.05. The summed E-state index contributed by atoms with van der Waals surface area (Å²) in [4.78, 5) is 28.3. The van der Waals surface area contributed by atoms with Gasteiger partial charge in [0.1, 0.15) is 4.38 Å². The maximum atomic E-state index is 12.2. The Morgan fingerprint density at radius 1 is 1.17 bits per heavy atom. The molecule has 0 radical (unpaired) electrons. The average molecular weight is 356 g/mol. The Bertz CT molecular complexity index is 818. The predicted octanol–water partition coefficient (Wildman–Crippen LogP) is 4.50. The standard InChI is InChI=1S/C18H16N2O2S2/c1-12(21)14-7-3-5-9-16(14)19-17(22)11-24-18-20-15-8-4-2-6-13(15)10-23-18/h2-9H,10-11H2,1H3,(H,19,22). The van der Waals surface area contributed by atoms with E-state index in [-0.39, 0.29) is 17.4 Å². The van der Waals surface area contributed by atoms with E-state index in [1.54, 1.807) is 36.0 Å². The van der Waals surface area contributed by atoms with Crippen LogP contribution in [0.5, 0.6) is 0 Å². The predicted molar refractivity (Wildman–Crippen MR) is 102 cm³/mol. The number of carbonyl (C=O) groups is 2. The van der Waals surface area contributed by atoms with Gasteiger partial charge in [0.2, 0.25) is 5.91 Å². The van der Waals surface area contributed by atoms with Gasteiger partial charge in [0.25, 0.3) is 0 Å². The Labute approximate surface area is 149 Å². The molecule has 0 bridgehead atoms. The summed E-state index contributed by atoms with van der Waals surface area (Å²) >= 11 is 3.06. The fourth-order valence-corrected chi connectivity index (χ4v) is 4.16. The first-order valence-corrected chi connectivity index (χ1v) is 9.42. The largest absolute Gasteiger partial charge is 0.325 e.